The summed E-state index contributed by atoms with van der Waals surface area (Å²) in [5, 5.41) is 10.8. The lowest BCUT2D eigenvalue weighted by atomic mass is 10.2. The zero-order valence-electron chi connectivity index (χ0n) is 11.5. The van der Waals surface area contributed by atoms with Gasteiger partial charge < -0.3 is 9.64 Å². The number of rotatable bonds is 3. The second kappa shape index (κ2) is 8.67. The number of morpholine rings is 1. The van der Waals surface area contributed by atoms with Crippen LogP contribution in [-0.2, 0) is 9.53 Å². The molecule has 0 unspecified atom stereocenters. The Morgan fingerprint density at radius 1 is 1.43 bits per heavy atom. The topological polar surface area (TPSA) is 111 Å². The number of nitrogens with one attached hydrogen (secondary N) is 1. The quantitative estimate of drug-likeness (QED) is 0.277. The first-order valence-electron chi connectivity index (χ1n) is 6.29. The van der Waals surface area contributed by atoms with E-state index in [1.807, 2.05) is 16.4 Å². The molecule has 8 heteroatoms. The Morgan fingerprint density at radius 3 is 2.52 bits per heavy atom. The third-order valence-electron chi connectivity index (χ3n) is 2.76. The van der Waals surface area contributed by atoms with Crippen LogP contribution in [0.3, 0.4) is 0 Å². The van der Waals surface area contributed by atoms with E-state index in [2.05, 4.69) is 12.4 Å². The van der Waals surface area contributed by atoms with Gasteiger partial charge in [0.1, 0.15) is 5.69 Å². The molecule has 0 aliphatic carbocycles. The fourth-order valence-electron chi connectivity index (χ4n) is 1.75. The molecule has 1 aliphatic heterocycles. The zero-order chi connectivity index (χ0) is 15.7. The third kappa shape index (κ3) is 5.21. The molecule has 114 valence electrons. The molecule has 1 aromatic rings. The number of hydrazine groups is 1. The van der Waals surface area contributed by atoms with Gasteiger partial charge in [-0.3, -0.25) is 20.3 Å². The second-order valence-corrected chi connectivity index (χ2v) is 4.06. The van der Waals surface area contributed by atoms with Gasteiger partial charge in [0.15, 0.2) is 0 Å². The van der Waals surface area contributed by atoms with Crippen molar-refractivity contribution in [3.8, 4) is 0 Å². The van der Waals surface area contributed by atoms with Crippen molar-refractivity contribution in [1.82, 2.24) is 5.43 Å². The van der Waals surface area contributed by atoms with Crippen LogP contribution >= 0.6 is 0 Å². The summed E-state index contributed by atoms with van der Waals surface area (Å²) in [7, 11) is 0. The highest BCUT2D eigenvalue weighted by molar-refractivity contribution is 5.86. The summed E-state index contributed by atoms with van der Waals surface area (Å²) >= 11 is 0. The van der Waals surface area contributed by atoms with Crippen LogP contribution in [0.2, 0.25) is 0 Å². The summed E-state index contributed by atoms with van der Waals surface area (Å²) in [6.45, 7) is 5.83. The van der Waals surface area contributed by atoms with Gasteiger partial charge in [-0.2, -0.15) is 0 Å². The highest BCUT2D eigenvalue weighted by Gasteiger charge is 2.20. The monoisotopic (exact) mass is 294 g/mol. The minimum absolute atomic E-state index is 0.166. The minimum atomic E-state index is -0.366. The Morgan fingerprint density at radius 2 is 2.05 bits per heavy atom. The average molecular weight is 294 g/mol. The Hall–Kier alpha value is -2.45. The van der Waals surface area contributed by atoms with E-state index in [1.165, 1.54) is 6.07 Å². The maximum Gasteiger partial charge on any atom is 0.292 e. The Balaban J connectivity index is 0.000000315. The van der Waals surface area contributed by atoms with E-state index in [1.54, 1.807) is 12.1 Å². The van der Waals surface area contributed by atoms with Crippen LogP contribution in [0, 0.1) is 10.1 Å². The van der Waals surface area contributed by atoms with E-state index in [-0.39, 0.29) is 16.5 Å². The summed E-state index contributed by atoms with van der Waals surface area (Å²) in [5.41, 5.74) is 2.71. The second-order valence-electron chi connectivity index (χ2n) is 4.06. The first-order chi connectivity index (χ1) is 10.1. The molecule has 1 fully saturated rings. The number of para-hydroxylation sites is 2. The molecule has 0 aromatic heterocycles. The van der Waals surface area contributed by atoms with Crippen molar-refractivity contribution in [2.75, 3.05) is 31.2 Å². The number of nitrogens with zero attached hydrogens (tertiary/aromatic N) is 2. The zero-order valence-corrected chi connectivity index (χ0v) is 11.5. The molecular formula is C13H18N4O4. The molecule has 21 heavy (non-hydrogen) atoms. The fraction of sp³-hybridized carbons (Fsp3) is 0.308. The van der Waals surface area contributed by atoms with Crippen molar-refractivity contribution in [3.63, 3.8) is 0 Å². The van der Waals surface area contributed by atoms with Gasteiger partial charge in [-0.1, -0.05) is 18.7 Å². The number of carbonyl (C=O) groups excluding carboxylic acids is 1. The molecule has 2 rings (SSSR count). The standard InChI is InChI=1S/C10H12N2O3.C3H6N2O/c13-12(14)10-4-2-1-3-9(10)11-5-7-15-8-6-11;1-2-3(6)5-4/h1-4H,5-8H2;2H,1,4H2,(H,5,6). The molecule has 0 spiro atoms. The molecule has 1 saturated heterocycles. The van der Waals surface area contributed by atoms with Crippen LogP contribution in [0.1, 0.15) is 0 Å². The first kappa shape index (κ1) is 16.6. The van der Waals surface area contributed by atoms with Gasteiger partial charge in [-0.05, 0) is 12.1 Å². The van der Waals surface area contributed by atoms with Crippen LogP contribution < -0.4 is 16.2 Å². The number of carbonyl (C=O) groups is 1. The molecule has 8 nitrogen and oxygen atoms in total. The van der Waals surface area contributed by atoms with Gasteiger partial charge >= 0.3 is 0 Å². The molecule has 0 atom stereocenters. The fourth-order valence-corrected chi connectivity index (χ4v) is 1.75. The molecule has 1 amide bonds. The molecule has 0 radical (unpaired) electrons. The van der Waals surface area contributed by atoms with Crippen molar-refractivity contribution < 1.29 is 14.5 Å². The Bertz CT molecular complexity index is 501. The minimum Gasteiger partial charge on any atom is -0.378 e. The summed E-state index contributed by atoms with van der Waals surface area (Å²) in [6, 6.07) is 6.81. The number of benzene rings is 1. The van der Waals surface area contributed by atoms with Gasteiger partial charge in [-0.25, -0.2) is 5.84 Å². The lowest BCUT2D eigenvalue weighted by molar-refractivity contribution is -0.384. The maximum atomic E-state index is 10.8. The average Bonchev–Trinajstić information content (AvgIpc) is 2.55. The molecule has 0 saturated carbocycles. The number of nitrogens with two attached hydrogens (primary N) is 1. The first-order valence-corrected chi connectivity index (χ1v) is 6.29. The SMILES string of the molecule is C=CC(=O)NN.O=[N+]([O-])c1ccccc1N1CCOCC1. The van der Waals surface area contributed by atoms with Crippen molar-refractivity contribution >= 4 is 17.3 Å². The van der Waals surface area contributed by atoms with Crippen molar-refractivity contribution in [3.05, 3.63) is 47.0 Å². The molecule has 3 N–H and O–H groups in total. The number of hydrogen-bond donors (Lipinski definition) is 2. The predicted octanol–water partition coefficient (Wildman–Crippen LogP) is 0.594. The maximum absolute atomic E-state index is 10.8. The lowest BCUT2D eigenvalue weighted by Crippen LogP contribution is -2.36. The van der Waals surface area contributed by atoms with Crippen LogP contribution in [0.4, 0.5) is 11.4 Å². The van der Waals surface area contributed by atoms with E-state index in [0.717, 1.165) is 6.08 Å². The van der Waals surface area contributed by atoms with Gasteiger partial charge in [0.2, 0.25) is 0 Å². The van der Waals surface area contributed by atoms with E-state index in [0.29, 0.717) is 32.0 Å². The van der Waals surface area contributed by atoms with Crippen LogP contribution in [0.25, 0.3) is 0 Å². The number of ether oxygens (including phenoxy) is 1. The van der Waals surface area contributed by atoms with Crippen LogP contribution in [0.5, 0.6) is 0 Å². The van der Waals surface area contributed by atoms with Crippen molar-refractivity contribution in [2.45, 2.75) is 0 Å². The van der Waals surface area contributed by atoms with Crippen LogP contribution in [-0.4, -0.2) is 37.1 Å². The summed E-state index contributed by atoms with van der Waals surface area (Å²) in [6.07, 6.45) is 1.10. The molecule has 0 bridgehead atoms. The number of nitro groups is 1. The largest absolute Gasteiger partial charge is 0.378 e. The number of anilines is 1. The number of hydrogen-bond acceptors (Lipinski definition) is 6. The van der Waals surface area contributed by atoms with E-state index < -0.39 is 0 Å². The van der Waals surface area contributed by atoms with E-state index >= 15 is 0 Å². The number of nitro benzene ring substituents is 1. The lowest BCUT2D eigenvalue weighted by Gasteiger charge is -2.28. The highest BCUT2D eigenvalue weighted by atomic mass is 16.6. The Labute approximate surface area is 122 Å². The molecule has 1 aliphatic rings. The van der Waals surface area contributed by atoms with Gasteiger partial charge in [0.05, 0.1) is 18.1 Å². The number of amides is 1. The predicted molar refractivity (Wildman–Crippen MR) is 78.7 cm³/mol. The van der Waals surface area contributed by atoms with E-state index in [4.69, 9.17) is 4.74 Å². The van der Waals surface area contributed by atoms with Gasteiger partial charge in [0.25, 0.3) is 11.6 Å². The van der Waals surface area contributed by atoms with Crippen molar-refractivity contribution in [1.29, 1.82) is 0 Å². The summed E-state index contributed by atoms with van der Waals surface area (Å²) in [4.78, 5) is 22.3. The third-order valence-corrected chi connectivity index (χ3v) is 2.76. The normalized spacial score (nSPS) is 13.7. The molecule has 1 heterocycles. The Kier molecular flexibility index (Phi) is 6.85. The summed E-state index contributed by atoms with van der Waals surface area (Å²) in [5.74, 6) is 4.25. The smallest absolute Gasteiger partial charge is 0.292 e. The molecule has 1 aromatic carbocycles. The van der Waals surface area contributed by atoms with E-state index in [9.17, 15) is 14.9 Å². The summed E-state index contributed by atoms with van der Waals surface area (Å²) < 4.78 is 5.21. The molecular weight excluding hydrogens is 276 g/mol. The van der Waals surface area contributed by atoms with Gasteiger partial charge in [0, 0.05) is 19.2 Å². The van der Waals surface area contributed by atoms with Crippen LogP contribution in [0.15, 0.2) is 36.9 Å². The van der Waals surface area contributed by atoms with Gasteiger partial charge in [-0.15, -0.1) is 0 Å². The highest BCUT2D eigenvalue weighted by Crippen LogP contribution is 2.27. The van der Waals surface area contributed by atoms with Crippen molar-refractivity contribution in [2.24, 2.45) is 5.84 Å².